The molecule has 2 N–H and O–H groups in total. The van der Waals surface area contributed by atoms with E-state index in [2.05, 4.69) is 21.2 Å². The summed E-state index contributed by atoms with van der Waals surface area (Å²) in [6, 6.07) is 4.81. The van der Waals surface area contributed by atoms with Gasteiger partial charge in [0.05, 0.1) is 11.3 Å². The van der Waals surface area contributed by atoms with Gasteiger partial charge in [-0.05, 0) is 30.4 Å². The molecule has 1 aromatic carbocycles. The number of carboxylic acids is 1. The van der Waals surface area contributed by atoms with E-state index in [0.717, 1.165) is 17.9 Å². The molecule has 0 bridgehead atoms. The van der Waals surface area contributed by atoms with Gasteiger partial charge in [0, 0.05) is 16.1 Å². The number of amides is 1. The monoisotopic (exact) mass is 329 g/mol. The number of aromatic carboxylic acids is 1. The van der Waals surface area contributed by atoms with E-state index < -0.39 is 5.97 Å². The zero-order chi connectivity index (χ0) is 13.1. The van der Waals surface area contributed by atoms with Crippen molar-refractivity contribution in [1.82, 2.24) is 0 Å². The standard InChI is InChI=1S/C12H12BrNO3S/c13-8-1-2-10(9(5-8)12(16)17)14-11(15)7-3-4-18-6-7/h1-2,5,7H,3-4,6H2,(H,14,15)(H,16,17). The Labute approximate surface area is 117 Å². The van der Waals surface area contributed by atoms with Crippen LogP contribution in [0.15, 0.2) is 22.7 Å². The normalized spacial score (nSPS) is 18.6. The lowest BCUT2D eigenvalue weighted by Crippen LogP contribution is -2.23. The Morgan fingerprint density at radius 3 is 2.83 bits per heavy atom. The topological polar surface area (TPSA) is 66.4 Å². The summed E-state index contributed by atoms with van der Waals surface area (Å²) in [5, 5.41) is 11.8. The molecule has 1 aromatic rings. The minimum absolute atomic E-state index is 0.0136. The van der Waals surface area contributed by atoms with Crippen molar-refractivity contribution in [2.45, 2.75) is 6.42 Å². The number of hydrogen-bond acceptors (Lipinski definition) is 3. The average Bonchev–Trinajstić information content (AvgIpc) is 2.84. The second-order valence-electron chi connectivity index (χ2n) is 4.04. The van der Waals surface area contributed by atoms with Gasteiger partial charge >= 0.3 is 5.97 Å². The lowest BCUT2D eigenvalue weighted by atomic mass is 10.1. The van der Waals surface area contributed by atoms with Crippen molar-refractivity contribution < 1.29 is 14.7 Å². The highest BCUT2D eigenvalue weighted by molar-refractivity contribution is 9.10. The van der Waals surface area contributed by atoms with Gasteiger partial charge in [0.1, 0.15) is 0 Å². The van der Waals surface area contributed by atoms with Crippen LogP contribution in [-0.4, -0.2) is 28.5 Å². The van der Waals surface area contributed by atoms with Crippen LogP contribution in [0, 0.1) is 5.92 Å². The summed E-state index contributed by atoms with van der Waals surface area (Å²) in [6.07, 6.45) is 0.857. The van der Waals surface area contributed by atoms with E-state index in [4.69, 9.17) is 5.11 Å². The van der Waals surface area contributed by atoms with E-state index in [0.29, 0.717) is 10.2 Å². The van der Waals surface area contributed by atoms with Crippen LogP contribution in [0.1, 0.15) is 16.8 Å². The molecule has 18 heavy (non-hydrogen) atoms. The molecule has 96 valence electrons. The van der Waals surface area contributed by atoms with E-state index in [1.54, 1.807) is 23.9 Å². The molecule has 1 atom stereocenters. The minimum atomic E-state index is -1.05. The molecule has 1 saturated heterocycles. The molecule has 1 unspecified atom stereocenters. The van der Waals surface area contributed by atoms with Crippen molar-refractivity contribution in [2.24, 2.45) is 5.92 Å². The van der Waals surface area contributed by atoms with Gasteiger partial charge in [-0.15, -0.1) is 0 Å². The molecule has 6 heteroatoms. The van der Waals surface area contributed by atoms with Crippen molar-refractivity contribution in [3.8, 4) is 0 Å². The van der Waals surface area contributed by atoms with Crippen molar-refractivity contribution in [1.29, 1.82) is 0 Å². The maximum absolute atomic E-state index is 11.9. The number of benzene rings is 1. The molecule has 1 fully saturated rings. The number of carboxylic acid groups (broad SMARTS) is 1. The zero-order valence-corrected chi connectivity index (χ0v) is 11.9. The molecule has 2 rings (SSSR count). The molecule has 0 aromatic heterocycles. The molecule has 0 spiro atoms. The first-order chi connectivity index (χ1) is 8.58. The van der Waals surface area contributed by atoms with E-state index in [1.807, 2.05) is 0 Å². The van der Waals surface area contributed by atoms with E-state index in [-0.39, 0.29) is 17.4 Å². The van der Waals surface area contributed by atoms with E-state index in [1.165, 1.54) is 6.07 Å². The summed E-state index contributed by atoms with van der Waals surface area (Å²) in [5.74, 6) is 0.645. The van der Waals surface area contributed by atoms with Gasteiger partial charge in [-0.1, -0.05) is 15.9 Å². The van der Waals surface area contributed by atoms with Crippen molar-refractivity contribution in [3.05, 3.63) is 28.2 Å². The maximum Gasteiger partial charge on any atom is 0.337 e. The lowest BCUT2D eigenvalue weighted by molar-refractivity contribution is -0.119. The highest BCUT2D eigenvalue weighted by Crippen LogP contribution is 2.26. The predicted molar refractivity (Wildman–Crippen MR) is 75.2 cm³/mol. The van der Waals surface area contributed by atoms with Crippen LogP contribution in [-0.2, 0) is 4.79 Å². The van der Waals surface area contributed by atoms with Gasteiger partial charge in [-0.2, -0.15) is 11.8 Å². The highest BCUT2D eigenvalue weighted by atomic mass is 79.9. The summed E-state index contributed by atoms with van der Waals surface area (Å²) in [4.78, 5) is 23.0. The SMILES string of the molecule is O=C(O)c1cc(Br)ccc1NC(=O)C1CCSC1. The molecule has 1 aliphatic heterocycles. The first kappa shape index (κ1) is 13.4. The van der Waals surface area contributed by atoms with Gasteiger partial charge in [0.2, 0.25) is 5.91 Å². The number of carbonyl (C=O) groups excluding carboxylic acids is 1. The highest BCUT2D eigenvalue weighted by Gasteiger charge is 2.24. The maximum atomic E-state index is 11.9. The van der Waals surface area contributed by atoms with Crippen LogP contribution in [0.5, 0.6) is 0 Å². The second-order valence-corrected chi connectivity index (χ2v) is 6.11. The Morgan fingerprint density at radius 1 is 1.44 bits per heavy atom. The van der Waals surface area contributed by atoms with E-state index >= 15 is 0 Å². The molecule has 1 amide bonds. The summed E-state index contributed by atoms with van der Waals surface area (Å²) in [6.45, 7) is 0. The predicted octanol–water partition coefficient (Wildman–Crippen LogP) is 2.84. The fourth-order valence-corrected chi connectivity index (χ4v) is 3.36. The fourth-order valence-electron chi connectivity index (χ4n) is 1.78. The summed E-state index contributed by atoms with van der Waals surface area (Å²) in [7, 11) is 0. The van der Waals surface area contributed by atoms with Gasteiger partial charge in [-0.3, -0.25) is 4.79 Å². The smallest absolute Gasteiger partial charge is 0.337 e. The molecule has 4 nitrogen and oxygen atoms in total. The Kier molecular flexibility index (Phi) is 4.29. The number of thioether (sulfide) groups is 1. The molecule has 1 heterocycles. The average molecular weight is 330 g/mol. The Bertz CT molecular complexity index is 486. The van der Waals surface area contributed by atoms with Crippen LogP contribution >= 0.6 is 27.7 Å². The van der Waals surface area contributed by atoms with Crippen LogP contribution in [0.2, 0.25) is 0 Å². The Hall–Kier alpha value is -1.01. The molecular formula is C12H12BrNO3S. The van der Waals surface area contributed by atoms with Gasteiger partial charge in [-0.25, -0.2) is 4.79 Å². The molecule has 0 aliphatic carbocycles. The van der Waals surface area contributed by atoms with Crippen LogP contribution < -0.4 is 5.32 Å². The molecule has 0 saturated carbocycles. The quantitative estimate of drug-likeness (QED) is 0.894. The van der Waals surface area contributed by atoms with Gasteiger partial charge in [0.25, 0.3) is 0 Å². The Morgan fingerprint density at radius 2 is 2.22 bits per heavy atom. The number of halogens is 1. The molecule has 0 radical (unpaired) electrons. The van der Waals surface area contributed by atoms with Crippen molar-refractivity contribution in [2.75, 3.05) is 16.8 Å². The van der Waals surface area contributed by atoms with Crippen molar-refractivity contribution in [3.63, 3.8) is 0 Å². The lowest BCUT2D eigenvalue weighted by Gasteiger charge is -2.12. The Balaban J connectivity index is 2.17. The summed E-state index contributed by atoms with van der Waals surface area (Å²) >= 11 is 4.97. The fraction of sp³-hybridized carbons (Fsp3) is 0.333. The van der Waals surface area contributed by atoms with Gasteiger partial charge in [0.15, 0.2) is 0 Å². The number of nitrogens with one attached hydrogen (secondary N) is 1. The largest absolute Gasteiger partial charge is 0.478 e. The van der Waals surface area contributed by atoms with Crippen LogP contribution in [0.25, 0.3) is 0 Å². The van der Waals surface area contributed by atoms with E-state index in [9.17, 15) is 9.59 Å². The van der Waals surface area contributed by atoms with Gasteiger partial charge < -0.3 is 10.4 Å². The number of carbonyl (C=O) groups is 2. The van der Waals surface area contributed by atoms with Crippen LogP contribution in [0.4, 0.5) is 5.69 Å². The zero-order valence-electron chi connectivity index (χ0n) is 9.48. The molecular weight excluding hydrogens is 318 g/mol. The first-order valence-corrected chi connectivity index (χ1v) is 7.44. The summed E-state index contributed by atoms with van der Waals surface area (Å²) < 4.78 is 0.675. The third-order valence-corrected chi connectivity index (χ3v) is 4.43. The number of anilines is 1. The summed E-state index contributed by atoms with van der Waals surface area (Å²) in [5.41, 5.74) is 0.455. The first-order valence-electron chi connectivity index (χ1n) is 5.49. The third-order valence-electron chi connectivity index (χ3n) is 2.77. The molecule has 1 aliphatic rings. The van der Waals surface area contributed by atoms with Crippen molar-refractivity contribution >= 4 is 45.3 Å². The van der Waals surface area contributed by atoms with Crippen LogP contribution in [0.3, 0.4) is 0 Å². The third kappa shape index (κ3) is 3.05. The minimum Gasteiger partial charge on any atom is -0.478 e. The second kappa shape index (κ2) is 5.75. The number of rotatable bonds is 3. The number of hydrogen-bond donors (Lipinski definition) is 2.